The highest BCUT2D eigenvalue weighted by molar-refractivity contribution is 5.39. The summed E-state index contributed by atoms with van der Waals surface area (Å²) in [7, 11) is 2.05. The molecule has 1 fully saturated rings. The van der Waals surface area contributed by atoms with Gasteiger partial charge in [0.05, 0.1) is 13.2 Å². The molecule has 0 aromatic heterocycles. The Morgan fingerprint density at radius 2 is 2.00 bits per heavy atom. The third-order valence-corrected chi connectivity index (χ3v) is 3.95. The fraction of sp³-hybridized carbons (Fsp3) is 0.625. The molecule has 0 spiro atoms. The minimum Gasteiger partial charge on any atom is -0.379 e. The van der Waals surface area contributed by atoms with Crippen molar-refractivity contribution in [1.82, 2.24) is 10.6 Å². The quantitative estimate of drug-likeness (QED) is 0.873. The third kappa shape index (κ3) is 3.56. The van der Waals surface area contributed by atoms with Crippen LogP contribution < -0.4 is 10.6 Å². The number of hydrogen-bond donors (Lipinski definition) is 2. The van der Waals surface area contributed by atoms with E-state index in [1.165, 1.54) is 22.3 Å². The second-order valence-electron chi connectivity index (χ2n) is 5.62. The summed E-state index contributed by atoms with van der Waals surface area (Å²) in [6.45, 7) is 9.21. The van der Waals surface area contributed by atoms with Crippen LogP contribution in [0, 0.1) is 20.8 Å². The smallest absolute Gasteiger partial charge is 0.0620 e. The van der Waals surface area contributed by atoms with Gasteiger partial charge in [-0.05, 0) is 50.9 Å². The molecule has 0 bridgehead atoms. The Kier molecular flexibility index (Phi) is 4.97. The third-order valence-electron chi connectivity index (χ3n) is 3.95. The Labute approximate surface area is 116 Å². The van der Waals surface area contributed by atoms with Crippen LogP contribution in [0.15, 0.2) is 12.1 Å². The highest BCUT2D eigenvalue weighted by atomic mass is 16.5. The van der Waals surface area contributed by atoms with Crippen molar-refractivity contribution in [2.24, 2.45) is 0 Å². The maximum Gasteiger partial charge on any atom is 0.0620 e. The molecule has 2 atom stereocenters. The van der Waals surface area contributed by atoms with Gasteiger partial charge in [-0.15, -0.1) is 0 Å². The Morgan fingerprint density at radius 1 is 1.32 bits per heavy atom. The van der Waals surface area contributed by atoms with E-state index in [4.69, 9.17) is 4.74 Å². The van der Waals surface area contributed by atoms with Gasteiger partial charge in [0.2, 0.25) is 0 Å². The van der Waals surface area contributed by atoms with Crippen molar-refractivity contribution in [2.45, 2.75) is 39.3 Å². The van der Waals surface area contributed by atoms with E-state index in [1.54, 1.807) is 0 Å². The fourth-order valence-corrected chi connectivity index (χ4v) is 3.18. The summed E-state index contributed by atoms with van der Waals surface area (Å²) in [6, 6.07) is 5.39. The minimum absolute atomic E-state index is 0.389. The molecule has 0 radical (unpaired) electrons. The van der Waals surface area contributed by atoms with Gasteiger partial charge in [-0.25, -0.2) is 0 Å². The molecular formula is C16H26N2O. The summed E-state index contributed by atoms with van der Waals surface area (Å²) in [5.41, 5.74) is 5.55. The molecule has 1 aliphatic rings. The number of aryl methyl sites for hydroxylation is 3. The van der Waals surface area contributed by atoms with Crippen LogP contribution >= 0.6 is 0 Å². The average molecular weight is 262 g/mol. The van der Waals surface area contributed by atoms with Gasteiger partial charge in [-0.3, -0.25) is 0 Å². The number of morpholine rings is 1. The Balaban J connectivity index is 2.16. The van der Waals surface area contributed by atoms with Gasteiger partial charge >= 0.3 is 0 Å². The van der Waals surface area contributed by atoms with Crippen molar-refractivity contribution in [3.63, 3.8) is 0 Å². The molecule has 1 aromatic carbocycles. The lowest BCUT2D eigenvalue weighted by Crippen LogP contribution is -2.43. The minimum atomic E-state index is 0.389. The van der Waals surface area contributed by atoms with Crippen LogP contribution in [-0.4, -0.2) is 32.8 Å². The zero-order chi connectivity index (χ0) is 13.8. The molecule has 3 heteroatoms. The van der Waals surface area contributed by atoms with Crippen molar-refractivity contribution in [1.29, 1.82) is 0 Å². The van der Waals surface area contributed by atoms with E-state index >= 15 is 0 Å². The number of benzene rings is 1. The average Bonchev–Trinajstić information content (AvgIpc) is 2.37. The molecule has 0 amide bonds. The molecule has 19 heavy (non-hydrogen) atoms. The molecule has 3 nitrogen and oxygen atoms in total. The molecule has 2 N–H and O–H groups in total. The fourth-order valence-electron chi connectivity index (χ4n) is 3.18. The van der Waals surface area contributed by atoms with Gasteiger partial charge in [0, 0.05) is 18.6 Å². The molecule has 2 unspecified atom stereocenters. The molecule has 1 saturated heterocycles. The predicted octanol–water partition coefficient (Wildman–Crippen LogP) is 2.25. The zero-order valence-electron chi connectivity index (χ0n) is 12.5. The monoisotopic (exact) mass is 262 g/mol. The summed E-state index contributed by atoms with van der Waals surface area (Å²) >= 11 is 0. The molecule has 1 aromatic rings. The summed E-state index contributed by atoms with van der Waals surface area (Å²) < 4.78 is 5.55. The lowest BCUT2D eigenvalue weighted by atomic mass is 9.90. The van der Waals surface area contributed by atoms with E-state index < -0.39 is 0 Å². The molecule has 1 aliphatic heterocycles. The Hall–Kier alpha value is -0.900. The lowest BCUT2D eigenvalue weighted by molar-refractivity contribution is 0.0708. The standard InChI is InChI=1S/C16H26N2O/c1-11-7-12(2)16(13(3)8-11)15(17-4)9-14-10-19-6-5-18-14/h7-8,14-15,17-18H,5-6,9-10H2,1-4H3. The molecule has 0 aliphatic carbocycles. The SMILES string of the molecule is CNC(CC1COCCN1)c1c(C)cc(C)cc1C. The first-order valence-electron chi connectivity index (χ1n) is 7.18. The number of rotatable bonds is 4. The van der Waals surface area contributed by atoms with Crippen molar-refractivity contribution in [3.05, 3.63) is 34.4 Å². The summed E-state index contributed by atoms with van der Waals surface area (Å²) in [5, 5.41) is 7.01. The van der Waals surface area contributed by atoms with E-state index in [-0.39, 0.29) is 0 Å². The second kappa shape index (κ2) is 6.51. The summed E-state index contributed by atoms with van der Waals surface area (Å²) in [4.78, 5) is 0. The van der Waals surface area contributed by atoms with Gasteiger partial charge < -0.3 is 15.4 Å². The van der Waals surface area contributed by atoms with Crippen LogP contribution in [0.1, 0.15) is 34.7 Å². The van der Waals surface area contributed by atoms with Crippen LogP contribution in [0.3, 0.4) is 0 Å². The first-order chi connectivity index (χ1) is 9.11. The van der Waals surface area contributed by atoms with Crippen molar-refractivity contribution < 1.29 is 4.74 Å². The van der Waals surface area contributed by atoms with Crippen LogP contribution in [0.2, 0.25) is 0 Å². The number of ether oxygens (including phenoxy) is 1. The predicted molar refractivity (Wildman–Crippen MR) is 79.7 cm³/mol. The normalized spacial score (nSPS) is 21.4. The molecule has 2 rings (SSSR count). The highest BCUT2D eigenvalue weighted by Gasteiger charge is 2.21. The lowest BCUT2D eigenvalue weighted by Gasteiger charge is -2.29. The summed E-state index contributed by atoms with van der Waals surface area (Å²) in [6.07, 6.45) is 1.07. The Morgan fingerprint density at radius 3 is 2.53 bits per heavy atom. The number of nitrogens with one attached hydrogen (secondary N) is 2. The Bertz CT molecular complexity index is 402. The van der Waals surface area contributed by atoms with E-state index in [0.29, 0.717) is 12.1 Å². The maximum atomic E-state index is 5.55. The van der Waals surface area contributed by atoms with E-state index in [2.05, 4.69) is 43.5 Å². The van der Waals surface area contributed by atoms with Crippen LogP contribution in [0.25, 0.3) is 0 Å². The molecule has 106 valence electrons. The first-order valence-corrected chi connectivity index (χ1v) is 7.18. The number of hydrogen-bond acceptors (Lipinski definition) is 3. The highest BCUT2D eigenvalue weighted by Crippen LogP contribution is 2.27. The van der Waals surface area contributed by atoms with E-state index in [0.717, 1.165) is 26.2 Å². The van der Waals surface area contributed by atoms with Crippen molar-refractivity contribution in [2.75, 3.05) is 26.8 Å². The largest absolute Gasteiger partial charge is 0.379 e. The van der Waals surface area contributed by atoms with Gasteiger partial charge in [0.1, 0.15) is 0 Å². The van der Waals surface area contributed by atoms with Gasteiger partial charge in [-0.1, -0.05) is 17.7 Å². The maximum absolute atomic E-state index is 5.55. The van der Waals surface area contributed by atoms with Crippen LogP contribution in [0.5, 0.6) is 0 Å². The van der Waals surface area contributed by atoms with E-state index in [9.17, 15) is 0 Å². The first kappa shape index (κ1) is 14.5. The second-order valence-corrected chi connectivity index (χ2v) is 5.62. The van der Waals surface area contributed by atoms with Crippen LogP contribution in [0.4, 0.5) is 0 Å². The molecular weight excluding hydrogens is 236 g/mol. The summed E-state index contributed by atoms with van der Waals surface area (Å²) in [5.74, 6) is 0. The molecule has 1 heterocycles. The van der Waals surface area contributed by atoms with Gasteiger partial charge in [-0.2, -0.15) is 0 Å². The van der Waals surface area contributed by atoms with Crippen LogP contribution in [-0.2, 0) is 4.74 Å². The van der Waals surface area contributed by atoms with Crippen molar-refractivity contribution in [3.8, 4) is 0 Å². The zero-order valence-corrected chi connectivity index (χ0v) is 12.5. The van der Waals surface area contributed by atoms with E-state index in [1.807, 2.05) is 7.05 Å². The van der Waals surface area contributed by atoms with Crippen molar-refractivity contribution >= 4 is 0 Å². The van der Waals surface area contributed by atoms with Gasteiger partial charge in [0.15, 0.2) is 0 Å². The molecule has 0 saturated carbocycles. The van der Waals surface area contributed by atoms with Gasteiger partial charge in [0.25, 0.3) is 0 Å². The topological polar surface area (TPSA) is 33.3 Å².